The first-order chi connectivity index (χ1) is 13.8. The van der Waals surface area contributed by atoms with Crippen LogP contribution in [0.3, 0.4) is 0 Å². The maximum Gasteiger partial charge on any atom is 0.270 e. The molecule has 3 aromatic heterocycles. The van der Waals surface area contributed by atoms with E-state index in [2.05, 4.69) is 20.3 Å². The van der Waals surface area contributed by atoms with Gasteiger partial charge < -0.3 is 9.88 Å². The average molecular weight is 372 g/mol. The number of likely N-dealkylation sites (tertiary alicyclic amines) is 1. The van der Waals surface area contributed by atoms with Crippen LogP contribution in [0.5, 0.6) is 0 Å². The Morgan fingerprint density at radius 2 is 1.86 bits per heavy atom. The number of hydrogen-bond donors (Lipinski definition) is 1. The molecule has 140 valence electrons. The summed E-state index contributed by atoms with van der Waals surface area (Å²) < 4.78 is 1.93. The summed E-state index contributed by atoms with van der Waals surface area (Å²) in [5.41, 5.74) is 3.50. The summed E-state index contributed by atoms with van der Waals surface area (Å²) >= 11 is 0. The van der Waals surface area contributed by atoms with Crippen molar-refractivity contribution < 1.29 is 4.79 Å². The Hall–Kier alpha value is -3.48. The normalized spacial score (nSPS) is 15.2. The van der Waals surface area contributed by atoms with Crippen molar-refractivity contribution in [1.29, 1.82) is 0 Å². The van der Waals surface area contributed by atoms with E-state index in [1.54, 1.807) is 12.4 Å². The molecule has 0 radical (unpaired) electrons. The van der Waals surface area contributed by atoms with Crippen molar-refractivity contribution in [1.82, 2.24) is 29.9 Å². The summed E-state index contributed by atoms with van der Waals surface area (Å²) in [5.74, 6) is 0.0608. The molecule has 7 nitrogen and oxygen atoms in total. The fraction of sp³-hybridized carbons (Fsp3) is 0.238. The minimum absolute atomic E-state index is 0.0608. The monoisotopic (exact) mass is 372 g/mol. The molecule has 0 aliphatic carbocycles. The van der Waals surface area contributed by atoms with Gasteiger partial charge in [0.25, 0.3) is 5.91 Å². The molecular weight excluding hydrogens is 352 g/mol. The van der Waals surface area contributed by atoms with Crippen LogP contribution in [0.15, 0.2) is 61.1 Å². The Bertz CT molecular complexity index is 1080. The van der Waals surface area contributed by atoms with Crippen LogP contribution in [-0.4, -0.2) is 48.9 Å². The number of aromatic amines is 1. The van der Waals surface area contributed by atoms with Gasteiger partial charge in [0.05, 0.1) is 12.2 Å². The number of benzene rings is 1. The summed E-state index contributed by atoms with van der Waals surface area (Å²) in [6.07, 6.45) is 7.22. The lowest BCUT2D eigenvalue weighted by Crippen LogP contribution is -2.39. The van der Waals surface area contributed by atoms with Gasteiger partial charge in [-0.05, 0) is 37.1 Å². The number of nitrogens with one attached hydrogen (secondary N) is 1. The maximum absolute atomic E-state index is 12.9. The van der Waals surface area contributed by atoms with Crippen molar-refractivity contribution >= 4 is 16.8 Å². The van der Waals surface area contributed by atoms with E-state index < -0.39 is 0 Å². The number of carbonyl (C=O) groups excluding carboxylic acids is 1. The average Bonchev–Trinajstić information content (AvgIpc) is 3.41. The van der Waals surface area contributed by atoms with Crippen LogP contribution >= 0.6 is 0 Å². The van der Waals surface area contributed by atoms with E-state index in [1.807, 2.05) is 58.2 Å². The van der Waals surface area contributed by atoms with E-state index in [1.165, 1.54) is 0 Å². The van der Waals surface area contributed by atoms with E-state index in [4.69, 9.17) is 0 Å². The lowest BCUT2D eigenvalue weighted by Gasteiger charge is -2.31. The van der Waals surface area contributed by atoms with Crippen molar-refractivity contribution in [2.45, 2.75) is 18.9 Å². The van der Waals surface area contributed by atoms with Crippen molar-refractivity contribution in [3.05, 3.63) is 66.7 Å². The molecule has 5 rings (SSSR count). The summed E-state index contributed by atoms with van der Waals surface area (Å²) in [7, 11) is 0. The number of para-hydroxylation sites is 1. The lowest BCUT2D eigenvalue weighted by molar-refractivity contribution is 0.0684. The smallest absolute Gasteiger partial charge is 0.270 e. The number of fused-ring (bicyclic) bond motifs is 1. The maximum atomic E-state index is 12.9. The van der Waals surface area contributed by atoms with E-state index in [-0.39, 0.29) is 11.9 Å². The van der Waals surface area contributed by atoms with E-state index >= 15 is 0 Å². The topological polar surface area (TPSA) is 79.7 Å². The molecule has 28 heavy (non-hydrogen) atoms. The number of hydrogen-bond acceptors (Lipinski definition) is 4. The van der Waals surface area contributed by atoms with Gasteiger partial charge in [-0.15, -0.1) is 5.10 Å². The lowest BCUT2D eigenvalue weighted by atomic mass is 10.0. The van der Waals surface area contributed by atoms with Gasteiger partial charge in [0.1, 0.15) is 11.4 Å². The molecule has 0 bridgehead atoms. The Balaban J connectivity index is 1.26. The third-order valence-corrected chi connectivity index (χ3v) is 5.37. The zero-order valence-corrected chi connectivity index (χ0v) is 15.3. The van der Waals surface area contributed by atoms with Crippen LogP contribution in [0, 0.1) is 0 Å². The highest BCUT2D eigenvalue weighted by atomic mass is 16.2. The highest BCUT2D eigenvalue weighted by Gasteiger charge is 2.26. The first-order valence-corrected chi connectivity index (χ1v) is 9.47. The van der Waals surface area contributed by atoms with Crippen LogP contribution in [0.2, 0.25) is 0 Å². The summed E-state index contributed by atoms with van der Waals surface area (Å²) in [5, 5.41) is 9.66. The molecular formula is C21H20N6O. The number of amides is 1. The molecule has 0 atom stereocenters. The molecule has 0 unspecified atom stereocenters. The fourth-order valence-corrected chi connectivity index (χ4v) is 3.80. The number of piperidine rings is 1. The summed E-state index contributed by atoms with van der Waals surface area (Å²) in [6.45, 7) is 1.42. The fourth-order valence-electron chi connectivity index (χ4n) is 3.80. The van der Waals surface area contributed by atoms with Crippen LogP contribution in [-0.2, 0) is 0 Å². The number of nitrogens with zero attached hydrogens (tertiary/aromatic N) is 5. The summed E-state index contributed by atoms with van der Waals surface area (Å²) in [4.78, 5) is 22.0. The Morgan fingerprint density at radius 3 is 2.64 bits per heavy atom. The van der Waals surface area contributed by atoms with Crippen LogP contribution < -0.4 is 0 Å². The van der Waals surface area contributed by atoms with Crippen molar-refractivity contribution in [3.63, 3.8) is 0 Å². The van der Waals surface area contributed by atoms with Gasteiger partial charge >= 0.3 is 0 Å². The quantitative estimate of drug-likeness (QED) is 0.598. The zero-order chi connectivity index (χ0) is 18.9. The van der Waals surface area contributed by atoms with Gasteiger partial charge in [0.2, 0.25) is 0 Å². The van der Waals surface area contributed by atoms with Gasteiger partial charge in [0, 0.05) is 41.9 Å². The SMILES string of the molecule is O=C(c1cc2ccccc2[nH]1)N1CCC(n2cc(-c3ccncc3)nn2)CC1. The molecule has 4 heterocycles. The van der Waals surface area contributed by atoms with Crippen molar-refractivity contribution in [3.8, 4) is 11.3 Å². The van der Waals surface area contributed by atoms with E-state index in [0.29, 0.717) is 18.8 Å². The minimum atomic E-state index is 0.0608. The molecule has 0 saturated carbocycles. The Kier molecular flexibility index (Phi) is 4.12. The highest BCUT2D eigenvalue weighted by molar-refractivity contribution is 5.98. The van der Waals surface area contributed by atoms with E-state index in [0.717, 1.165) is 35.0 Å². The van der Waals surface area contributed by atoms with Gasteiger partial charge in [0.15, 0.2) is 0 Å². The molecule has 1 saturated heterocycles. The van der Waals surface area contributed by atoms with Gasteiger partial charge in [-0.1, -0.05) is 23.4 Å². The molecule has 1 amide bonds. The molecule has 4 aromatic rings. The molecule has 1 fully saturated rings. The molecule has 1 aromatic carbocycles. The van der Waals surface area contributed by atoms with Crippen LogP contribution in [0.1, 0.15) is 29.4 Å². The zero-order valence-electron chi connectivity index (χ0n) is 15.3. The van der Waals surface area contributed by atoms with Crippen molar-refractivity contribution in [2.75, 3.05) is 13.1 Å². The summed E-state index contributed by atoms with van der Waals surface area (Å²) in [6, 6.07) is 14.0. The van der Waals surface area contributed by atoms with Crippen molar-refractivity contribution in [2.24, 2.45) is 0 Å². The third kappa shape index (κ3) is 3.05. The number of H-pyrrole nitrogens is 1. The standard InChI is InChI=1S/C21H20N6O/c28-21(19-13-16-3-1-2-4-18(16)23-19)26-11-7-17(8-12-26)27-14-20(24-25-27)15-5-9-22-10-6-15/h1-6,9-10,13-14,17,23H,7-8,11-12H2. The number of carbonyl (C=O) groups is 1. The predicted octanol–water partition coefficient (Wildman–Crippen LogP) is 3.30. The molecule has 1 N–H and O–H groups in total. The van der Waals surface area contributed by atoms with Gasteiger partial charge in [-0.3, -0.25) is 9.78 Å². The minimum Gasteiger partial charge on any atom is -0.351 e. The number of rotatable bonds is 3. The second-order valence-electron chi connectivity index (χ2n) is 7.11. The molecule has 1 aliphatic rings. The first kappa shape index (κ1) is 16.7. The van der Waals surface area contributed by atoms with E-state index in [9.17, 15) is 4.79 Å². The predicted molar refractivity (Wildman–Crippen MR) is 106 cm³/mol. The second kappa shape index (κ2) is 6.92. The highest BCUT2D eigenvalue weighted by Crippen LogP contribution is 2.25. The Morgan fingerprint density at radius 1 is 1.07 bits per heavy atom. The first-order valence-electron chi connectivity index (χ1n) is 9.47. The molecule has 1 aliphatic heterocycles. The number of aromatic nitrogens is 5. The van der Waals surface area contributed by atoms with Crippen LogP contribution in [0.4, 0.5) is 0 Å². The third-order valence-electron chi connectivity index (χ3n) is 5.37. The molecule has 0 spiro atoms. The Labute approximate surface area is 162 Å². The second-order valence-corrected chi connectivity index (χ2v) is 7.11. The molecule has 7 heteroatoms. The van der Waals surface area contributed by atoms with Gasteiger partial charge in [-0.25, -0.2) is 4.68 Å². The number of pyridine rings is 1. The van der Waals surface area contributed by atoms with Gasteiger partial charge in [-0.2, -0.15) is 0 Å². The largest absolute Gasteiger partial charge is 0.351 e. The van der Waals surface area contributed by atoms with Crippen LogP contribution in [0.25, 0.3) is 22.2 Å².